The maximum absolute atomic E-state index is 2.50. The Morgan fingerprint density at radius 3 is 1.68 bits per heavy atom. The molecule has 0 unspecified atom stereocenters. The standard InChI is InChI=1S/C54H38N2/c1-4-16-37(17-5-1)40-22-14-23-44(33-40)56-52-29-13-10-24-47(52)49-27-15-26-46(54(49)56)41-30-31-53-50(36-41)48-25-11-12-28-51(48)55(53)45-34-42(38-18-6-2-7-19-38)32-43(35-45)39-20-8-3-9-21-39/h1-10,12-24,26-36H,11,25H2. The lowest BCUT2D eigenvalue weighted by molar-refractivity contribution is 0.968. The maximum atomic E-state index is 2.50. The monoisotopic (exact) mass is 714 g/mol. The molecule has 10 aromatic rings. The second-order valence-electron chi connectivity index (χ2n) is 14.8. The molecule has 11 rings (SSSR count). The van der Waals surface area contributed by atoms with E-state index in [1.165, 1.54) is 94.2 Å². The first-order valence-electron chi connectivity index (χ1n) is 19.6. The van der Waals surface area contributed by atoms with Crippen molar-refractivity contribution in [2.75, 3.05) is 0 Å². The summed E-state index contributed by atoms with van der Waals surface area (Å²) in [5.74, 6) is 0. The van der Waals surface area contributed by atoms with E-state index in [1.54, 1.807) is 0 Å². The minimum absolute atomic E-state index is 1.01. The zero-order valence-electron chi connectivity index (χ0n) is 30.9. The van der Waals surface area contributed by atoms with Gasteiger partial charge in [0.25, 0.3) is 0 Å². The summed E-state index contributed by atoms with van der Waals surface area (Å²) in [7, 11) is 0. The predicted octanol–water partition coefficient (Wildman–Crippen LogP) is 14.4. The lowest BCUT2D eigenvalue weighted by Crippen LogP contribution is -2.01. The molecule has 8 aromatic carbocycles. The zero-order chi connectivity index (χ0) is 37.0. The molecule has 264 valence electrons. The molecule has 0 bridgehead atoms. The van der Waals surface area contributed by atoms with Gasteiger partial charge in [-0.15, -0.1) is 0 Å². The van der Waals surface area contributed by atoms with Crippen molar-refractivity contribution in [2.45, 2.75) is 12.8 Å². The Hall–Kier alpha value is -7.16. The summed E-state index contributed by atoms with van der Waals surface area (Å²) in [5, 5.41) is 3.84. The summed E-state index contributed by atoms with van der Waals surface area (Å²) in [5.41, 5.74) is 18.4. The highest BCUT2D eigenvalue weighted by atomic mass is 15.0. The van der Waals surface area contributed by atoms with Gasteiger partial charge in [-0.1, -0.05) is 152 Å². The van der Waals surface area contributed by atoms with Gasteiger partial charge in [-0.2, -0.15) is 0 Å². The van der Waals surface area contributed by atoms with Crippen LogP contribution in [-0.2, 0) is 6.42 Å². The Morgan fingerprint density at radius 1 is 0.357 bits per heavy atom. The minimum Gasteiger partial charge on any atom is -0.310 e. The Labute approximate surface area is 326 Å². The van der Waals surface area contributed by atoms with Crippen LogP contribution in [-0.4, -0.2) is 9.13 Å². The molecule has 2 heterocycles. The van der Waals surface area contributed by atoms with E-state index in [9.17, 15) is 0 Å². The second kappa shape index (κ2) is 13.3. The molecular weight excluding hydrogens is 677 g/mol. The minimum atomic E-state index is 1.01. The van der Waals surface area contributed by atoms with E-state index < -0.39 is 0 Å². The number of nitrogens with zero attached hydrogens (tertiary/aromatic N) is 2. The fourth-order valence-corrected chi connectivity index (χ4v) is 8.99. The highest BCUT2D eigenvalue weighted by molar-refractivity contribution is 6.14. The molecule has 2 heteroatoms. The maximum Gasteiger partial charge on any atom is 0.0619 e. The first kappa shape index (κ1) is 32.3. The van der Waals surface area contributed by atoms with Crippen molar-refractivity contribution in [3.8, 4) is 55.9 Å². The number of hydrogen-bond donors (Lipinski definition) is 0. The van der Waals surface area contributed by atoms with Crippen LogP contribution in [0, 0.1) is 0 Å². The zero-order valence-corrected chi connectivity index (χ0v) is 30.9. The molecule has 0 radical (unpaired) electrons. The number of aromatic nitrogens is 2. The van der Waals surface area contributed by atoms with E-state index in [4.69, 9.17) is 0 Å². The van der Waals surface area contributed by atoms with Gasteiger partial charge in [-0.3, -0.25) is 0 Å². The van der Waals surface area contributed by atoms with E-state index in [1.807, 2.05) is 0 Å². The average molecular weight is 715 g/mol. The van der Waals surface area contributed by atoms with E-state index in [-0.39, 0.29) is 0 Å². The third kappa shape index (κ3) is 5.33. The van der Waals surface area contributed by atoms with Gasteiger partial charge < -0.3 is 9.13 Å². The normalized spacial score (nSPS) is 12.4. The highest BCUT2D eigenvalue weighted by Crippen LogP contribution is 2.42. The van der Waals surface area contributed by atoms with Crippen molar-refractivity contribution in [1.82, 2.24) is 9.13 Å². The van der Waals surface area contributed by atoms with Crippen LogP contribution in [0.1, 0.15) is 17.7 Å². The lowest BCUT2D eigenvalue weighted by atomic mass is 9.96. The fraction of sp³-hybridized carbons (Fsp3) is 0.0370. The molecule has 2 aromatic heterocycles. The van der Waals surface area contributed by atoms with Crippen LogP contribution in [0.25, 0.3) is 94.7 Å². The molecule has 0 spiro atoms. The van der Waals surface area contributed by atoms with Gasteiger partial charge >= 0.3 is 0 Å². The number of benzene rings is 8. The quantitative estimate of drug-likeness (QED) is 0.162. The summed E-state index contributed by atoms with van der Waals surface area (Å²) in [6.07, 6.45) is 6.73. The van der Waals surface area contributed by atoms with Gasteiger partial charge in [-0.05, 0) is 112 Å². The molecule has 0 atom stereocenters. The van der Waals surface area contributed by atoms with E-state index in [2.05, 4.69) is 215 Å². The molecule has 0 aliphatic heterocycles. The number of aryl methyl sites for hydroxylation is 1. The Balaban J connectivity index is 1.13. The van der Waals surface area contributed by atoms with Crippen LogP contribution < -0.4 is 0 Å². The van der Waals surface area contributed by atoms with E-state index >= 15 is 0 Å². The molecule has 0 amide bonds. The van der Waals surface area contributed by atoms with Crippen molar-refractivity contribution in [1.29, 1.82) is 0 Å². The smallest absolute Gasteiger partial charge is 0.0619 e. The van der Waals surface area contributed by atoms with Crippen LogP contribution in [0.3, 0.4) is 0 Å². The number of para-hydroxylation sites is 2. The van der Waals surface area contributed by atoms with Crippen LogP contribution in [0.15, 0.2) is 200 Å². The molecular formula is C54H38N2. The SMILES string of the molecule is C1=Cc2c(c3cc(-c4cccc5c6ccccc6n(-c6cccc(-c7ccccc7)c6)c45)ccc3n2-c2cc(-c3ccccc3)cc(-c3ccccc3)c2)CC1. The highest BCUT2D eigenvalue weighted by Gasteiger charge is 2.22. The van der Waals surface area contributed by atoms with Gasteiger partial charge in [0.05, 0.1) is 16.6 Å². The van der Waals surface area contributed by atoms with E-state index in [0.717, 1.165) is 18.5 Å². The summed E-state index contributed by atoms with van der Waals surface area (Å²) < 4.78 is 4.97. The van der Waals surface area contributed by atoms with E-state index in [0.29, 0.717) is 0 Å². The van der Waals surface area contributed by atoms with Crippen LogP contribution in [0.2, 0.25) is 0 Å². The molecule has 2 nitrogen and oxygen atoms in total. The lowest BCUT2D eigenvalue weighted by Gasteiger charge is -2.16. The van der Waals surface area contributed by atoms with Gasteiger partial charge in [0, 0.05) is 38.8 Å². The van der Waals surface area contributed by atoms with Crippen molar-refractivity contribution < 1.29 is 0 Å². The molecule has 0 N–H and O–H groups in total. The van der Waals surface area contributed by atoms with Crippen molar-refractivity contribution in [3.63, 3.8) is 0 Å². The van der Waals surface area contributed by atoms with Gasteiger partial charge in [0.2, 0.25) is 0 Å². The van der Waals surface area contributed by atoms with Crippen LogP contribution in [0.4, 0.5) is 0 Å². The molecule has 0 saturated carbocycles. The summed E-state index contributed by atoms with van der Waals surface area (Å²) in [6.45, 7) is 0. The summed E-state index contributed by atoms with van der Waals surface area (Å²) in [4.78, 5) is 0. The molecule has 0 saturated heterocycles. The molecule has 1 aliphatic rings. The number of allylic oxidation sites excluding steroid dienone is 1. The van der Waals surface area contributed by atoms with Gasteiger partial charge in [-0.25, -0.2) is 0 Å². The molecule has 1 aliphatic carbocycles. The summed E-state index contributed by atoms with van der Waals surface area (Å²) >= 11 is 0. The van der Waals surface area contributed by atoms with Crippen molar-refractivity contribution in [2.24, 2.45) is 0 Å². The topological polar surface area (TPSA) is 9.86 Å². The number of hydrogen-bond acceptors (Lipinski definition) is 0. The third-order valence-electron chi connectivity index (χ3n) is 11.6. The predicted molar refractivity (Wildman–Crippen MR) is 237 cm³/mol. The van der Waals surface area contributed by atoms with Crippen molar-refractivity contribution >= 4 is 38.8 Å². The Bertz CT molecular complexity index is 3050. The van der Waals surface area contributed by atoms with Gasteiger partial charge in [0.15, 0.2) is 0 Å². The Kier molecular flexibility index (Phi) is 7.67. The number of rotatable bonds is 6. The van der Waals surface area contributed by atoms with Gasteiger partial charge in [0.1, 0.15) is 0 Å². The molecule has 0 fully saturated rings. The first-order valence-corrected chi connectivity index (χ1v) is 19.6. The van der Waals surface area contributed by atoms with Crippen LogP contribution in [0.5, 0.6) is 0 Å². The largest absolute Gasteiger partial charge is 0.310 e. The van der Waals surface area contributed by atoms with Crippen LogP contribution >= 0.6 is 0 Å². The second-order valence-corrected chi connectivity index (χ2v) is 14.8. The third-order valence-corrected chi connectivity index (χ3v) is 11.6. The number of fused-ring (bicyclic) bond motifs is 6. The molecule has 56 heavy (non-hydrogen) atoms. The van der Waals surface area contributed by atoms with Crippen molar-refractivity contribution in [3.05, 3.63) is 211 Å². The Morgan fingerprint density at radius 2 is 0.946 bits per heavy atom. The fourth-order valence-electron chi connectivity index (χ4n) is 8.99. The summed E-state index contributed by atoms with van der Waals surface area (Å²) in [6, 6.07) is 71.0. The average Bonchev–Trinajstić information content (AvgIpc) is 3.80. The first-order chi connectivity index (χ1) is 27.8.